The van der Waals surface area contributed by atoms with Crippen LogP contribution in [0.2, 0.25) is 0 Å². The standard InChI is InChI=1S/C15H27N3O2/c1-4-18(5-2)15(20)16-12-8-11-9-13(19)6-7-14(11)17(3)10-12/h11-12,14H,4-10H2,1-3H3,(H,16,20)/t11-,12+,14-/m1/s1. The van der Waals surface area contributed by atoms with E-state index in [1.165, 1.54) is 0 Å². The zero-order valence-corrected chi connectivity index (χ0v) is 12.9. The lowest BCUT2D eigenvalue weighted by atomic mass is 9.76. The second kappa shape index (κ2) is 6.57. The van der Waals surface area contributed by atoms with Gasteiger partial charge in [0.15, 0.2) is 0 Å². The number of carbonyl (C=O) groups is 2. The summed E-state index contributed by atoms with van der Waals surface area (Å²) in [4.78, 5) is 27.9. The Balaban J connectivity index is 1.94. The predicted molar refractivity (Wildman–Crippen MR) is 78.6 cm³/mol. The Labute approximate surface area is 121 Å². The van der Waals surface area contributed by atoms with Gasteiger partial charge in [-0.25, -0.2) is 4.79 Å². The minimum atomic E-state index is 0.0222. The largest absolute Gasteiger partial charge is 0.334 e. The number of fused-ring (bicyclic) bond motifs is 1. The summed E-state index contributed by atoms with van der Waals surface area (Å²) in [6.07, 6.45) is 3.33. The van der Waals surface area contributed by atoms with E-state index >= 15 is 0 Å². The molecule has 0 spiro atoms. The lowest BCUT2D eigenvalue weighted by Crippen LogP contribution is -2.57. The summed E-state index contributed by atoms with van der Waals surface area (Å²) in [5, 5.41) is 3.13. The van der Waals surface area contributed by atoms with Crippen LogP contribution >= 0.6 is 0 Å². The van der Waals surface area contributed by atoms with E-state index in [1.54, 1.807) is 4.90 Å². The van der Waals surface area contributed by atoms with Crippen molar-refractivity contribution in [2.75, 3.05) is 26.7 Å². The van der Waals surface area contributed by atoms with Gasteiger partial charge in [-0.3, -0.25) is 4.79 Å². The highest BCUT2D eigenvalue weighted by Gasteiger charge is 2.38. The van der Waals surface area contributed by atoms with Crippen LogP contribution in [0.3, 0.4) is 0 Å². The minimum Gasteiger partial charge on any atom is -0.334 e. The molecule has 2 rings (SSSR count). The third-order valence-corrected chi connectivity index (χ3v) is 4.79. The Hall–Kier alpha value is -1.10. The maximum atomic E-state index is 12.1. The molecule has 2 aliphatic rings. The van der Waals surface area contributed by atoms with Crippen LogP contribution in [-0.4, -0.2) is 60.4 Å². The van der Waals surface area contributed by atoms with Crippen LogP contribution in [0.1, 0.15) is 39.5 Å². The van der Waals surface area contributed by atoms with E-state index < -0.39 is 0 Å². The first-order valence-corrected chi connectivity index (χ1v) is 7.82. The average Bonchev–Trinajstić information content (AvgIpc) is 2.39. The van der Waals surface area contributed by atoms with Crippen LogP contribution in [0.5, 0.6) is 0 Å². The molecule has 0 aromatic rings. The van der Waals surface area contributed by atoms with Crippen LogP contribution in [-0.2, 0) is 4.79 Å². The predicted octanol–water partition coefficient (Wildman–Crippen LogP) is 1.48. The van der Waals surface area contributed by atoms with E-state index in [9.17, 15) is 9.59 Å². The Morgan fingerprint density at radius 3 is 2.75 bits per heavy atom. The smallest absolute Gasteiger partial charge is 0.317 e. The number of likely N-dealkylation sites (tertiary alicyclic amines) is 1. The molecule has 0 aromatic carbocycles. The molecule has 1 N–H and O–H groups in total. The maximum absolute atomic E-state index is 12.1. The highest BCUT2D eigenvalue weighted by molar-refractivity contribution is 5.79. The monoisotopic (exact) mass is 281 g/mol. The van der Waals surface area contributed by atoms with Crippen molar-refractivity contribution < 1.29 is 9.59 Å². The summed E-state index contributed by atoms with van der Waals surface area (Å²) in [5.41, 5.74) is 0. The first kappa shape index (κ1) is 15.3. The maximum Gasteiger partial charge on any atom is 0.317 e. The van der Waals surface area contributed by atoms with E-state index in [0.29, 0.717) is 24.2 Å². The molecule has 114 valence electrons. The van der Waals surface area contributed by atoms with Gasteiger partial charge in [-0.2, -0.15) is 0 Å². The van der Waals surface area contributed by atoms with Crippen molar-refractivity contribution in [1.82, 2.24) is 15.1 Å². The van der Waals surface area contributed by atoms with Gasteiger partial charge in [-0.05, 0) is 39.7 Å². The van der Waals surface area contributed by atoms with E-state index in [0.717, 1.165) is 38.9 Å². The van der Waals surface area contributed by atoms with Gasteiger partial charge in [0.1, 0.15) is 5.78 Å². The fourth-order valence-corrected chi connectivity index (χ4v) is 3.70. The summed E-state index contributed by atoms with van der Waals surface area (Å²) in [6.45, 7) is 6.34. The Kier molecular flexibility index (Phi) is 5.02. The number of nitrogens with zero attached hydrogens (tertiary/aromatic N) is 2. The second-order valence-electron chi connectivity index (χ2n) is 6.10. The molecule has 1 saturated heterocycles. The van der Waals surface area contributed by atoms with Crippen molar-refractivity contribution in [3.63, 3.8) is 0 Å². The van der Waals surface area contributed by atoms with Gasteiger partial charge >= 0.3 is 6.03 Å². The number of ketones is 1. The van der Waals surface area contributed by atoms with Gasteiger partial charge in [-0.15, -0.1) is 0 Å². The molecule has 2 amide bonds. The summed E-state index contributed by atoms with van der Waals surface area (Å²) >= 11 is 0. The Morgan fingerprint density at radius 2 is 2.10 bits per heavy atom. The molecule has 0 unspecified atom stereocenters. The summed E-state index contributed by atoms with van der Waals surface area (Å²) in [5.74, 6) is 0.798. The van der Waals surface area contributed by atoms with Gasteiger partial charge in [0, 0.05) is 44.6 Å². The fourth-order valence-electron chi connectivity index (χ4n) is 3.70. The van der Waals surface area contributed by atoms with E-state index in [-0.39, 0.29) is 12.1 Å². The topological polar surface area (TPSA) is 52.7 Å². The van der Waals surface area contributed by atoms with Crippen molar-refractivity contribution in [2.24, 2.45) is 5.92 Å². The zero-order chi connectivity index (χ0) is 14.7. The Bertz CT molecular complexity index is 368. The molecule has 0 bridgehead atoms. The molecule has 2 fully saturated rings. The molecule has 1 aliphatic carbocycles. The number of carbonyl (C=O) groups excluding carboxylic acids is 2. The molecular formula is C15H27N3O2. The van der Waals surface area contributed by atoms with Crippen molar-refractivity contribution in [2.45, 2.75) is 51.6 Å². The number of nitrogens with one attached hydrogen (secondary N) is 1. The number of likely N-dealkylation sites (N-methyl/N-ethyl adjacent to an activating group) is 1. The molecule has 1 saturated carbocycles. The van der Waals surface area contributed by atoms with Crippen LogP contribution in [0, 0.1) is 5.92 Å². The van der Waals surface area contributed by atoms with Gasteiger partial charge in [0.05, 0.1) is 0 Å². The molecule has 3 atom stereocenters. The molecule has 1 aliphatic heterocycles. The first-order chi connectivity index (χ1) is 9.55. The fraction of sp³-hybridized carbons (Fsp3) is 0.867. The van der Waals surface area contributed by atoms with Crippen LogP contribution < -0.4 is 5.32 Å². The number of amides is 2. The quantitative estimate of drug-likeness (QED) is 0.852. The van der Waals surface area contributed by atoms with E-state index in [2.05, 4.69) is 17.3 Å². The summed E-state index contributed by atoms with van der Waals surface area (Å²) in [7, 11) is 2.11. The second-order valence-corrected chi connectivity index (χ2v) is 6.10. The Morgan fingerprint density at radius 1 is 1.40 bits per heavy atom. The van der Waals surface area contributed by atoms with Crippen LogP contribution in [0.4, 0.5) is 4.79 Å². The number of hydrogen-bond donors (Lipinski definition) is 1. The van der Waals surface area contributed by atoms with E-state index in [1.807, 2.05) is 13.8 Å². The molecular weight excluding hydrogens is 254 g/mol. The molecule has 0 aromatic heterocycles. The molecule has 20 heavy (non-hydrogen) atoms. The molecule has 0 radical (unpaired) electrons. The van der Waals surface area contributed by atoms with Crippen molar-refractivity contribution in [1.29, 1.82) is 0 Å². The van der Waals surface area contributed by atoms with Crippen LogP contribution in [0.25, 0.3) is 0 Å². The van der Waals surface area contributed by atoms with Crippen molar-refractivity contribution in [3.8, 4) is 0 Å². The third kappa shape index (κ3) is 3.32. The number of hydrogen-bond acceptors (Lipinski definition) is 3. The molecule has 5 nitrogen and oxygen atoms in total. The summed E-state index contributed by atoms with van der Waals surface area (Å²) < 4.78 is 0. The number of urea groups is 1. The highest BCUT2D eigenvalue weighted by atomic mass is 16.2. The lowest BCUT2D eigenvalue weighted by molar-refractivity contribution is -0.124. The van der Waals surface area contributed by atoms with Gasteiger partial charge in [0.25, 0.3) is 0 Å². The average molecular weight is 281 g/mol. The van der Waals surface area contributed by atoms with Crippen molar-refractivity contribution in [3.05, 3.63) is 0 Å². The van der Waals surface area contributed by atoms with E-state index in [4.69, 9.17) is 0 Å². The lowest BCUT2D eigenvalue weighted by Gasteiger charge is -2.45. The minimum absolute atomic E-state index is 0.0222. The number of rotatable bonds is 3. The normalized spacial score (nSPS) is 30.8. The van der Waals surface area contributed by atoms with Crippen LogP contribution in [0.15, 0.2) is 0 Å². The molecule has 5 heteroatoms. The number of piperidine rings is 1. The van der Waals surface area contributed by atoms with Crippen molar-refractivity contribution >= 4 is 11.8 Å². The van der Waals surface area contributed by atoms with Gasteiger partial charge in [-0.1, -0.05) is 0 Å². The van der Waals surface area contributed by atoms with Gasteiger partial charge in [0.2, 0.25) is 0 Å². The third-order valence-electron chi connectivity index (χ3n) is 4.79. The molecule has 1 heterocycles. The highest BCUT2D eigenvalue weighted by Crippen LogP contribution is 2.33. The first-order valence-electron chi connectivity index (χ1n) is 7.82. The van der Waals surface area contributed by atoms with Gasteiger partial charge < -0.3 is 15.1 Å². The number of Topliss-reactive ketones (excluding diaryl/α,β-unsaturated/α-hetero) is 1. The SMILES string of the molecule is CCN(CC)C(=O)N[C@H]1C[C@@H]2CC(=O)CC[C@H]2N(C)C1. The zero-order valence-electron chi connectivity index (χ0n) is 12.9. The summed E-state index contributed by atoms with van der Waals surface area (Å²) in [6, 6.07) is 0.712.